The number of hydrogen-bond donors (Lipinski definition) is 1. The van der Waals surface area contributed by atoms with Crippen LogP contribution >= 0.6 is 0 Å². The van der Waals surface area contributed by atoms with E-state index >= 15 is 0 Å². The Kier molecular flexibility index (Phi) is 7.46. The van der Waals surface area contributed by atoms with Gasteiger partial charge >= 0.3 is 5.97 Å². The summed E-state index contributed by atoms with van der Waals surface area (Å²) in [6.07, 6.45) is 5.53. The Morgan fingerprint density at radius 3 is 2.07 bits per heavy atom. The minimum atomic E-state index is -0.262. The molecule has 1 aliphatic rings. The second kappa shape index (κ2) is 9.38. The van der Waals surface area contributed by atoms with Gasteiger partial charge in [0.1, 0.15) is 0 Å². The molecule has 1 fully saturated rings. The second-order valence-corrected chi connectivity index (χ2v) is 8.73. The minimum absolute atomic E-state index is 0.0643. The monoisotopic (exact) mass is 373 g/mol. The number of rotatable bonds is 6. The predicted molar refractivity (Wildman–Crippen MR) is 110 cm³/mol. The van der Waals surface area contributed by atoms with Gasteiger partial charge in [0, 0.05) is 5.69 Å². The topological polar surface area (TPSA) is 55.4 Å². The third-order valence-corrected chi connectivity index (χ3v) is 5.89. The van der Waals surface area contributed by atoms with Crippen LogP contribution in [0.3, 0.4) is 0 Å². The molecule has 1 aromatic rings. The van der Waals surface area contributed by atoms with Crippen LogP contribution in [0.15, 0.2) is 18.2 Å². The van der Waals surface area contributed by atoms with Crippen molar-refractivity contribution in [1.82, 2.24) is 0 Å². The van der Waals surface area contributed by atoms with Crippen molar-refractivity contribution in [1.29, 1.82) is 0 Å². The maximum atomic E-state index is 12.4. The van der Waals surface area contributed by atoms with Crippen LogP contribution in [0, 0.1) is 17.3 Å². The van der Waals surface area contributed by atoms with Gasteiger partial charge in [-0.1, -0.05) is 52.8 Å². The molecular formula is C23H35NO3. The number of ether oxygens (including phenoxy) is 1. The lowest BCUT2D eigenvalue weighted by Crippen LogP contribution is -2.31. The number of benzene rings is 1. The number of amides is 1. The van der Waals surface area contributed by atoms with Gasteiger partial charge in [-0.15, -0.1) is 0 Å². The summed E-state index contributed by atoms with van der Waals surface area (Å²) in [5.74, 6) is 0.104. The summed E-state index contributed by atoms with van der Waals surface area (Å²) in [5.41, 5.74) is 3.37. The zero-order chi connectivity index (χ0) is 20.0. The van der Waals surface area contributed by atoms with Gasteiger partial charge in [0.05, 0.1) is 5.92 Å². The zero-order valence-electron chi connectivity index (χ0n) is 17.6. The Morgan fingerprint density at radius 1 is 1.04 bits per heavy atom. The van der Waals surface area contributed by atoms with Crippen LogP contribution in [0.1, 0.15) is 71.4 Å². The molecule has 27 heavy (non-hydrogen) atoms. The first-order chi connectivity index (χ1) is 12.8. The van der Waals surface area contributed by atoms with Gasteiger partial charge in [-0.3, -0.25) is 9.59 Å². The SMILES string of the molecule is CCc1cccc(CC)c1NC(=O)COC(=O)C1CCC(C(C)(C)C)CC1. The molecular weight excluding hydrogens is 338 g/mol. The Morgan fingerprint density at radius 2 is 1.59 bits per heavy atom. The highest BCUT2D eigenvalue weighted by molar-refractivity contribution is 5.94. The first-order valence-electron chi connectivity index (χ1n) is 10.3. The van der Waals surface area contributed by atoms with E-state index in [4.69, 9.17) is 4.74 Å². The molecule has 4 nitrogen and oxygen atoms in total. The summed E-state index contributed by atoms with van der Waals surface area (Å²) in [5, 5.41) is 2.95. The van der Waals surface area contributed by atoms with E-state index in [1.54, 1.807) is 0 Å². The molecule has 0 heterocycles. The van der Waals surface area contributed by atoms with E-state index in [0.29, 0.717) is 11.3 Å². The zero-order valence-corrected chi connectivity index (χ0v) is 17.6. The average Bonchev–Trinajstić information content (AvgIpc) is 2.65. The summed E-state index contributed by atoms with van der Waals surface area (Å²) in [7, 11) is 0. The van der Waals surface area contributed by atoms with E-state index in [2.05, 4.69) is 39.9 Å². The normalized spacial score (nSPS) is 20.2. The van der Waals surface area contributed by atoms with Crippen molar-refractivity contribution in [3.05, 3.63) is 29.3 Å². The maximum Gasteiger partial charge on any atom is 0.309 e. The van der Waals surface area contributed by atoms with Crippen LogP contribution < -0.4 is 5.32 Å². The van der Waals surface area contributed by atoms with Gasteiger partial charge in [-0.05, 0) is 61.0 Å². The highest BCUT2D eigenvalue weighted by Crippen LogP contribution is 2.40. The number of para-hydroxylation sites is 1. The molecule has 150 valence electrons. The van der Waals surface area contributed by atoms with E-state index in [1.165, 1.54) is 0 Å². The van der Waals surface area contributed by atoms with Gasteiger partial charge in [0.25, 0.3) is 5.91 Å². The highest BCUT2D eigenvalue weighted by atomic mass is 16.5. The standard InChI is InChI=1S/C23H35NO3/c1-6-16-9-8-10-17(7-2)21(16)24-20(25)15-27-22(26)18-11-13-19(14-12-18)23(3,4)5/h8-10,18-19H,6-7,11-15H2,1-5H3,(H,24,25). The summed E-state index contributed by atoms with van der Waals surface area (Å²) >= 11 is 0. The van der Waals surface area contributed by atoms with Crippen molar-refractivity contribution in [2.75, 3.05) is 11.9 Å². The summed E-state index contributed by atoms with van der Waals surface area (Å²) in [6.45, 7) is 10.7. The summed E-state index contributed by atoms with van der Waals surface area (Å²) in [4.78, 5) is 24.7. The highest BCUT2D eigenvalue weighted by Gasteiger charge is 2.33. The number of nitrogens with one attached hydrogen (secondary N) is 1. The van der Waals surface area contributed by atoms with E-state index < -0.39 is 0 Å². The molecule has 0 aliphatic heterocycles. The van der Waals surface area contributed by atoms with E-state index in [0.717, 1.165) is 55.3 Å². The van der Waals surface area contributed by atoms with Gasteiger partial charge in [-0.25, -0.2) is 0 Å². The molecule has 1 amide bonds. The predicted octanol–water partition coefficient (Wildman–Crippen LogP) is 5.15. The molecule has 2 rings (SSSR count). The molecule has 1 aromatic carbocycles. The molecule has 1 aliphatic carbocycles. The Bertz CT molecular complexity index is 630. The lowest BCUT2D eigenvalue weighted by atomic mass is 9.70. The van der Waals surface area contributed by atoms with Crippen LogP contribution in [0.25, 0.3) is 0 Å². The smallest absolute Gasteiger partial charge is 0.309 e. The lowest BCUT2D eigenvalue weighted by Gasteiger charge is -2.36. The van der Waals surface area contributed by atoms with Gasteiger partial charge in [-0.2, -0.15) is 0 Å². The van der Waals surface area contributed by atoms with Crippen LogP contribution in [-0.2, 0) is 27.2 Å². The number of carbonyl (C=O) groups is 2. The van der Waals surface area contributed by atoms with Gasteiger partial charge < -0.3 is 10.1 Å². The molecule has 0 atom stereocenters. The molecule has 1 saturated carbocycles. The molecule has 0 aromatic heterocycles. The van der Waals surface area contributed by atoms with Crippen LogP contribution in [0.2, 0.25) is 0 Å². The fraction of sp³-hybridized carbons (Fsp3) is 0.652. The number of anilines is 1. The Balaban J connectivity index is 1.85. The fourth-order valence-electron chi connectivity index (χ4n) is 4.03. The summed E-state index contributed by atoms with van der Waals surface area (Å²) in [6, 6.07) is 6.06. The molecule has 4 heteroatoms. The average molecular weight is 374 g/mol. The molecule has 0 unspecified atom stereocenters. The van der Waals surface area contributed by atoms with Crippen LogP contribution in [-0.4, -0.2) is 18.5 Å². The Hall–Kier alpha value is -1.84. The Labute approximate surface area is 164 Å². The molecule has 0 bridgehead atoms. The van der Waals surface area contributed by atoms with Crippen molar-refractivity contribution >= 4 is 17.6 Å². The van der Waals surface area contributed by atoms with Crippen molar-refractivity contribution in [3.8, 4) is 0 Å². The van der Waals surface area contributed by atoms with E-state index in [1.807, 2.05) is 18.2 Å². The molecule has 1 N–H and O–H groups in total. The quantitative estimate of drug-likeness (QED) is 0.702. The first-order valence-corrected chi connectivity index (χ1v) is 10.3. The minimum Gasteiger partial charge on any atom is -0.455 e. The number of esters is 1. The molecule has 0 spiro atoms. The number of carbonyl (C=O) groups excluding carboxylic acids is 2. The van der Waals surface area contributed by atoms with Crippen molar-refractivity contribution in [3.63, 3.8) is 0 Å². The number of hydrogen-bond acceptors (Lipinski definition) is 3. The third kappa shape index (κ3) is 5.82. The summed E-state index contributed by atoms with van der Waals surface area (Å²) < 4.78 is 5.33. The third-order valence-electron chi connectivity index (χ3n) is 5.89. The van der Waals surface area contributed by atoms with Crippen LogP contribution in [0.4, 0.5) is 5.69 Å². The number of aryl methyl sites for hydroxylation is 2. The van der Waals surface area contributed by atoms with E-state index in [9.17, 15) is 9.59 Å². The van der Waals surface area contributed by atoms with Crippen molar-refractivity contribution in [2.24, 2.45) is 17.3 Å². The van der Waals surface area contributed by atoms with Crippen LogP contribution in [0.5, 0.6) is 0 Å². The molecule has 0 saturated heterocycles. The largest absolute Gasteiger partial charge is 0.455 e. The fourth-order valence-corrected chi connectivity index (χ4v) is 4.03. The first kappa shape index (κ1) is 21.5. The van der Waals surface area contributed by atoms with Crippen molar-refractivity contribution in [2.45, 2.75) is 73.1 Å². The lowest BCUT2D eigenvalue weighted by molar-refractivity contribution is -0.153. The van der Waals surface area contributed by atoms with Gasteiger partial charge in [0.15, 0.2) is 6.61 Å². The van der Waals surface area contributed by atoms with E-state index in [-0.39, 0.29) is 24.4 Å². The van der Waals surface area contributed by atoms with Crippen molar-refractivity contribution < 1.29 is 14.3 Å². The maximum absolute atomic E-state index is 12.4. The molecule has 0 radical (unpaired) electrons. The second-order valence-electron chi connectivity index (χ2n) is 8.73. The van der Waals surface area contributed by atoms with Gasteiger partial charge in [0.2, 0.25) is 0 Å².